The third-order valence-corrected chi connectivity index (χ3v) is 3.89. The van der Waals surface area contributed by atoms with Crippen LogP contribution in [0.1, 0.15) is 51.9 Å². The van der Waals surface area contributed by atoms with E-state index < -0.39 is 0 Å². The Labute approximate surface area is 113 Å². The molecule has 2 nitrogen and oxygen atoms in total. The quantitative estimate of drug-likeness (QED) is 0.571. The van der Waals surface area contributed by atoms with Gasteiger partial charge in [0.2, 0.25) is 0 Å². The van der Waals surface area contributed by atoms with Gasteiger partial charge in [-0.1, -0.05) is 25.7 Å². The average Bonchev–Trinajstić information content (AvgIpc) is 3.14. The molecule has 0 aromatic rings. The SMILES string of the molecule is C#CCN(CCCC(CCC)CCN)CC1CC1. The summed E-state index contributed by atoms with van der Waals surface area (Å²) in [7, 11) is 0. The second kappa shape index (κ2) is 9.42. The van der Waals surface area contributed by atoms with Crippen LogP contribution in [0.5, 0.6) is 0 Å². The Balaban J connectivity index is 2.16. The third kappa shape index (κ3) is 7.03. The van der Waals surface area contributed by atoms with Crippen LogP contribution in [0.15, 0.2) is 0 Å². The molecule has 0 aliphatic heterocycles. The van der Waals surface area contributed by atoms with Crippen molar-refractivity contribution < 1.29 is 0 Å². The predicted molar refractivity (Wildman–Crippen MR) is 79.3 cm³/mol. The Morgan fingerprint density at radius 2 is 2.11 bits per heavy atom. The van der Waals surface area contributed by atoms with Crippen LogP contribution in [0, 0.1) is 24.2 Å². The van der Waals surface area contributed by atoms with Crippen molar-refractivity contribution in [1.82, 2.24) is 4.90 Å². The molecular weight excluding hydrogens is 220 g/mol. The molecule has 0 amide bonds. The highest BCUT2D eigenvalue weighted by atomic mass is 15.1. The molecule has 104 valence electrons. The zero-order valence-electron chi connectivity index (χ0n) is 12.0. The summed E-state index contributed by atoms with van der Waals surface area (Å²) in [4.78, 5) is 2.46. The summed E-state index contributed by atoms with van der Waals surface area (Å²) in [6, 6.07) is 0. The Morgan fingerprint density at radius 1 is 1.33 bits per heavy atom. The molecule has 1 atom stereocenters. The molecule has 18 heavy (non-hydrogen) atoms. The molecule has 0 radical (unpaired) electrons. The molecule has 1 aliphatic rings. The number of nitrogens with zero attached hydrogens (tertiary/aromatic N) is 1. The van der Waals surface area contributed by atoms with Gasteiger partial charge in [-0.15, -0.1) is 6.42 Å². The van der Waals surface area contributed by atoms with E-state index in [0.29, 0.717) is 0 Å². The number of rotatable bonds is 11. The minimum atomic E-state index is 0.825. The molecule has 0 aromatic heterocycles. The molecule has 1 unspecified atom stereocenters. The highest BCUT2D eigenvalue weighted by molar-refractivity contribution is 4.90. The zero-order chi connectivity index (χ0) is 13.2. The summed E-state index contributed by atoms with van der Waals surface area (Å²) < 4.78 is 0. The molecule has 1 rings (SSSR count). The van der Waals surface area contributed by atoms with E-state index in [4.69, 9.17) is 12.2 Å². The lowest BCUT2D eigenvalue weighted by Gasteiger charge is -2.21. The second-order valence-electron chi connectivity index (χ2n) is 5.76. The van der Waals surface area contributed by atoms with Gasteiger partial charge in [0.15, 0.2) is 0 Å². The van der Waals surface area contributed by atoms with Gasteiger partial charge in [0.25, 0.3) is 0 Å². The number of terminal acetylenes is 1. The fraction of sp³-hybridized carbons (Fsp3) is 0.875. The largest absolute Gasteiger partial charge is 0.330 e. The lowest BCUT2D eigenvalue weighted by molar-refractivity contribution is 0.274. The van der Waals surface area contributed by atoms with E-state index in [1.807, 2.05) is 0 Å². The van der Waals surface area contributed by atoms with Crippen LogP contribution in [0.25, 0.3) is 0 Å². The molecule has 2 N–H and O–H groups in total. The standard InChI is InChI=1S/C16H30N2/c1-3-6-15(10-11-17)7-5-13-18(12-4-2)14-16-8-9-16/h2,15-16H,3,5-14,17H2,1H3. The van der Waals surface area contributed by atoms with Crippen molar-refractivity contribution >= 4 is 0 Å². The van der Waals surface area contributed by atoms with Gasteiger partial charge in [0.05, 0.1) is 6.54 Å². The van der Waals surface area contributed by atoms with Gasteiger partial charge in [-0.25, -0.2) is 0 Å². The molecule has 1 saturated carbocycles. The highest BCUT2D eigenvalue weighted by Gasteiger charge is 2.23. The summed E-state index contributed by atoms with van der Waals surface area (Å²) in [5, 5.41) is 0. The van der Waals surface area contributed by atoms with Crippen molar-refractivity contribution in [1.29, 1.82) is 0 Å². The molecular formula is C16H30N2. The monoisotopic (exact) mass is 250 g/mol. The molecule has 0 aromatic carbocycles. The van der Waals surface area contributed by atoms with Gasteiger partial charge in [0, 0.05) is 6.54 Å². The number of hydrogen-bond donors (Lipinski definition) is 1. The maximum atomic E-state index is 5.68. The van der Waals surface area contributed by atoms with Crippen LogP contribution in [-0.2, 0) is 0 Å². The minimum absolute atomic E-state index is 0.825. The van der Waals surface area contributed by atoms with Crippen LogP contribution in [0.4, 0.5) is 0 Å². The lowest BCUT2D eigenvalue weighted by Crippen LogP contribution is -2.28. The van der Waals surface area contributed by atoms with Crippen molar-refractivity contribution in [3.05, 3.63) is 0 Å². The molecule has 0 bridgehead atoms. The second-order valence-corrected chi connectivity index (χ2v) is 5.76. The van der Waals surface area contributed by atoms with Gasteiger partial charge >= 0.3 is 0 Å². The van der Waals surface area contributed by atoms with E-state index in [0.717, 1.165) is 24.9 Å². The Bertz CT molecular complexity index is 234. The number of nitrogens with two attached hydrogens (primary N) is 1. The van der Waals surface area contributed by atoms with Crippen LogP contribution < -0.4 is 5.73 Å². The molecule has 0 heterocycles. The first-order chi connectivity index (χ1) is 8.80. The van der Waals surface area contributed by atoms with Crippen molar-refractivity contribution in [2.24, 2.45) is 17.6 Å². The van der Waals surface area contributed by atoms with Gasteiger partial charge < -0.3 is 5.73 Å². The fourth-order valence-electron chi connectivity index (χ4n) is 2.71. The molecule has 0 spiro atoms. The van der Waals surface area contributed by atoms with Crippen molar-refractivity contribution in [3.8, 4) is 12.3 Å². The molecule has 2 heteroatoms. The van der Waals surface area contributed by atoms with Gasteiger partial charge in [0.1, 0.15) is 0 Å². The summed E-state index contributed by atoms with van der Waals surface area (Å²) in [6.45, 7) is 6.32. The first kappa shape index (κ1) is 15.5. The van der Waals surface area contributed by atoms with Crippen molar-refractivity contribution in [3.63, 3.8) is 0 Å². The Kier molecular flexibility index (Phi) is 8.13. The third-order valence-electron chi connectivity index (χ3n) is 3.89. The van der Waals surface area contributed by atoms with Crippen molar-refractivity contribution in [2.75, 3.05) is 26.2 Å². The Hall–Kier alpha value is -0.520. The topological polar surface area (TPSA) is 29.3 Å². The van der Waals surface area contributed by atoms with Gasteiger partial charge in [-0.3, -0.25) is 4.90 Å². The molecule has 1 fully saturated rings. The van der Waals surface area contributed by atoms with E-state index in [2.05, 4.69) is 17.7 Å². The lowest BCUT2D eigenvalue weighted by atomic mass is 9.94. The maximum absolute atomic E-state index is 5.68. The normalized spacial score (nSPS) is 16.8. The smallest absolute Gasteiger partial charge is 0.0599 e. The van der Waals surface area contributed by atoms with E-state index in [1.165, 1.54) is 58.0 Å². The summed E-state index contributed by atoms with van der Waals surface area (Å²) >= 11 is 0. The first-order valence-corrected chi connectivity index (χ1v) is 7.66. The van der Waals surface area contributed by atoms with E-state index in [-0.39, 0.29) is 0 Å². The fourth-order valence-corrected chi connectivity index (χ4v) is 2.71. The first-order valence-electron chi connectivity index (χ1n) is 7.66. The molecule has 0 saturated heterocycles. The predicted octanol–water partition coefficient (Wildman–Crippen LogP) is 2.88. The zero-order valence-corrected chi connectivity index (χ0v) is 12.0. The van der Waals surface area contributed by atoms with Crippen molar-refractivity contribution in [2.45, 2.75) is 51.9 Å². The average molecular weight is 250 g/mol. The van der Waals surface area contributed by atoms with Gasteiger partial charge in [-0.05, 0) is 57.0 Å². The summed E-state index contributed by atoms with van der Waals surface area (Å²) in [6.07, 6.45) is 14.6. The van der Waals surface area contributed by atoms with Crippen LogP contribution in [-0.4, -0.2) is 31.1 Å². The minimum Gasteiger partial charge on any atom is -0.330 e. The van der Waals surface area contributed by atoms with E-state index in [9.17, 15) is 0 Å². The van der Waals surface area contributed by atoms with Crippen LogP contribution >= 0.6 is 0 Å². The van der Waals surface area contributed by atoms with E-state index >= 15 is 0 Å². The van der Waals surface area contributed by atoms with Gasteiger partial charge in [-0.2, -0.15) is 0 Å². The van der Waals surface area contributed by atoms with E-state index in [1.54, 1.807) is 0 Å². The van der Waals surface area contributed by atoms with Crippen LogP contribution in [0.3, 0.4) is 0 Å². The molecule has 1 aliphatic carbocycles. The van der Waals surface area contributed by atoms with Crippen LogP contribution in [0.2, 0.25) is 0 Å². The summed E-state index contributed by atoms with van der Waals surface area (Å²) in [5.41, 5.74) is 5.68. The number of hydrogen-bond acceptors (Lipinski definition) is 2. The summed E-state index contributed by atoms with van der Waals surface area (Å²) in [5.74, 6) is 4.56. The highest BCUT2D eigenvalue weighted by Crippen LogP contribution is 2.29. The Morgan fingerprint density at radius 3 is 2.67 bits per heavy atom. The maximum Gasteiger partial charge on any atom is 0.0599 e.